The van der Waals surface area contributed by atoms with E-state index < -0.39 is 84.2 Å². The van der Waals surface area contributed by atoms with Gasteiger partial charge < -0.3 is 41.7 Å². The Morgan fingerprint density at radius 1 is 0.842 bits per heavy atom. The van der Waals surface area contributed by atoms with E-state index >= 15 is 0 Å². The molecule has 0 unspecified atom stereocenters. The van der Waals surface area contributed by atoms with E-state index in [4.69, 9.17) is 16.2 Å². The molecule has 6 amide bonds. The van der Waals surface area contributed by atoms with Crippen molar-refractivity contribution in [2.75, 3.05) is 13.1 Å². The van der Waals surface area contributed by atoms with Crippen LogP contribution >= 0.6 is 0 Å². The Hall–Kier alpha value is -3.91. The highest BCUT2D eigenvalue weighted by atomic mass is 16.6. The largest absolute Gasteiger partial charge is 0.480 e. The van der Waals surface area contributed by atoms with Gasteiger partial charge in [0, 0.05) is 13.1 Å². The lowest BCUT2D eigenvalue weighted by Gasteiger charge is -2.31. The Morgan fingerprint density at radius 3 is 1.74 bits per heavy atom. The summed E-state index contributed by atoms with van der Waals surface area (Å²) in [6.07, 6.45) is -0.794. The summed E-state index contributed by atoms with van der Waals surface area (Å²) in [6.45, 7) is 5.10. The van der Waals surface area contributed by atoms with Crippen LogP contribution in [0.3, 0.4) is 0 Å². The summed E-state index contributed by atoms with van der Waals surface area (Å²) < 4.78 is 5.15. The third kappa shape index (κ3) is 8.31. The summed E-state index contributed by atoms with van der Waals surface area (Å²) in [5, 5.41) is 14.2. The van der Waals surface area contributed by atoms with Crippen molar-refractivity contribution in [1.29, 1.82) is 0 Å². The molecule has 0 aromatic heterocycles. The average molecular weight is 541 g/mol. The van der Waals surface area contributed by atoms with E-state index in [1.807, 2.05) is 0 Å². The minimum Gasteiger partial charge on any atom is -0.480 e. The molecule has 2 aliphatic heterocycles. The molecule has 15 nitrogen and oxygen atoms in total. The van der Waals surface area contributed by atoms with Crippen LogP contribution in [-0.4, -0.2) is 99.4 Å². The predicted octanol–water partition coefficient (Wildman–Crippen LogP) is -1.82. The minimum atomic E-state index is -1.43. The first-order valence-corrected chi connectivity index (χ1v) is 12.3. The fourth-order valence-corrected chi connectivity index (χ4v) is 4.51. The van der Waals surface area contributed by atoms with E-state index in [0.29, 0.717) is 12.8 Å². The van der Waals surface area contributed by atoms with Crippen LogP contribution in [0.5, 0.6) is 0 Å². The number of likely N-dealkylation sites (tertiary alicyclic amines) is 2. The number of nitrogens with two attached hydrogens (primary N) is 2. The number of nitrogens with zero attached hydrogens (tertiary/aromatic N) is 2. The molecule has 15 heteroatoms. The van der Waals surface area contributed by atoms with Gasteiger partial charge in [-0.1, -0.05) is 0 Å². The zero-order chi connectivity index (χ0) is 28.8. The molecule has 0 saturated carbocycles. The van der Waals surface area contributed by atoms with Gasteiger partial charge in [0.1, 0.15) is 29.8 Å². The van der Waals surface area contributed by atoms with Crippen LogP contribution in [0.25, 0.3) is 0 Å². The number of nitrogens with one attached hydrogen (secondary N) is 2. The summed E-state index contributed by atoms with van der Waals surface area (Å²) in [5.74, 6) is -5.25. The van der Waals surface area contributed by atoms with E-state index in [-0.39, 0.29) is 25.9 Å². The molecule has 2 fully saturated rings. The van der Waals surface area contributed by atoms with Crippen LogP contribution in [0.15, 0.2) is 0 Å². The second-order valence-corrected chi connectivity index (χ2v) is 10.3. The predicted molar refractivity (Wildman–Crippen MR) is 130 cm³/mol. The van der Waals surface area contributed by atoms with E-state index in [2.05, 4.69) is 10.6 Å². The fourth-order valence-electron chi connectivity index (χ4n) is 4.51. The first-order chi connectivity index (χ1) is 17.6. The van der Waals surface area contributed by atoms with Crippen molar-refractivity contribution in [2.24, 2.45) is 11.5 Å². The van der Waals surface area contributed by atoms with Gasteiger partial charge in [-0.25, -0.2) is 9.59 Å². The van der Waals surface area contributed by atoms with Crippen molar-refractivity contribution in [3.8, 4) is 0 Å². The van der Waals surface area contributed by atoms with Gasteiger partial charge in [0.25, 0.3) is 0 Å². The number of alkyl carbamates (subject to hydrolysis) is 1. The van der Waals surface area contributed by atoms with Gasteiger partial charge in [-0.2, -0.15) is 0 Å². The number of hydrogen-bond donors (Lipinski definition) is 5. The maximum absolute atomic E-state index is 13.3. The Bertz CT molecular complexity index is 979. The molecule has 4 atom stereocenters. The normalized spacial score (nSPS) is 20.8. The summed E-state index contributed by atoms with van der Waals surface area (Å²) in [5.41, 5.74) is 9.65. The summed E-state index contributed by atoms with van der Waals surface area (Å²) in [4.78, 5) is 88.8. The van der Waals surface area contributed by atoms with Gasteiger partial charge in [0.05, 0.1) is 12.8 Å². The van der Waals surface area contributed by atoms with E-state index in [1.54, 1.807) is 20.8 Å². The standard InChI is InChI=1S/C23H36N6O9/c1-23(2,3)38-22(37)27-13(11-17(25)31)20(34)28-8-4-6-14(28)18(32)26-12(10-16(24)30)19(33)29-9-5-7-15(29)21(35)36/h12-15H,4-11H2,1-3H3,(H2,24,30)(H2,25,31)(H,26,32)(H,27,37)(H,35,36)/t12-,13-,14-,15-/m0/s1. The van der Waals surface area contributed by atoms with Gasteiger partial charge in [0.2, 0.25) is 29.5 Å². The third-order valence-corrected chi connectivity index (χ3v) is 6.07. The third-order valence-electron chi connectivity index (χ3n) is 6.07. The molecule has 0 aliphatic carbocycles. The van der Waals surface area contributed by atoms with Gasteiger partial charge >= 0.3 is 12.1 Å². The number of carbonyl (C=O) groups excluding carboxylic acids is 6. The lowest BCUT2D eigenvalue weighted by Crippen LogP contribution is -2.58. The summed E-state index contributed by atoms with van der Waals surface area (Å²) in [6, 6.07) is -5.01. The Kier molecular flexibility index (Phi) is 10.0. The molecule has 2 saturated heterocycles. The number of primary amides is 2. The average Bonchev–Trinajstić information content (AvgIpc) is 3.45. The Morgan fingerprint density at radius 2 is 1.29 bits per heavy atom. The zero-order valence-electron chi connectivity index (χ0n) is 21.7. The molecule has 0 spiro atoms. The van der Waals surface area contributed by atoms with Crippen molar-refractivity contribution < 1.29 is 43.4 Å². The Balaban J connectivity index is 2.19. The molecule has 0 aromatic rings. The molecule has 0 aromatic carbocycles. The quantitative estimate of drug-likeness (QED) is 0.210. The van der Waals surface area contributed by atoms with Crippen LogP contribution in [0.1, 0.15) is 59.3 Å². The SMILES string of the molecule is CC(C)(C)OC(=O)N[C@@H](CC(N)=O)C(=O)N1CCC[C@H]1C(=O)N[C@@H](CC(N)=O)C(=O)N1CCC[C@H]1C(=O)O. The second kappa shape index (κ2) is 12.6. The number of amides is 6. The highest BCUT2D eigenvalue weighted by molar-refractivity contribution is 5.97. The van der Waals surface area contributed by atoms with Gasteiger partial charge in [0.15, 0.2) is 0 Å². The lowest BCUT2D eigenvalue weighted by molar-refractivity contribution is -0.150. The summed E-state index contributed by atoms with van der Waals surface area (Å²) >= 11 is 0. The molecular weight excluding hydrogens is 504 g/mol. The number of carboxylic acids is 1. The van der Waals surface area contributed by atoms with Gasteiger partial charge in [-0.3, -0.25) is 24.0 Å². The molecule has 0 radical (unpaired) electrons. The highest BCUT2D eigenvalue weighted by Crippen LogP contribution is 2.22. The summed E-state index contributed by atoms with van der Waals surface area (Å²) in [7, 11) is 0. The van der Waals surface area contributed by atoms with Crippen LogP contribution in [0.4, 0.5) is 4.79 Å². The van der Waals surface area contributed by atoms with Gasteiger partial charge in [-0.05, 0) is 46.5 Å². The Labute approximate surface area is 219 Å². The first-order valence-electron chi connectivity index (χ1n) is 12.3. The second-order valence-electron chi connectivity index (χ2n) is 10.3. The number of carbonyl (C=O) groups is 7. The monoisotopic (exact) mass is 540 g/mol. The topological polar surface area (TPSA) is 232 Å². The molecule has 7 N–H and O–H groups in total. The van der Waals surface area contributed by atoms with Crippen LogP contribution in [-0.2, 0) is 33.5 Å². The minimum absolute atomic E-state index is 0.115. The highest BCUT2D eigenvalue weighted by Gasteiger charge is 2.42. The van der Waals surface area contributed by atoms with Crippen molar-refractivity contribution in [1.82, 2.24) is 20.4 Å². The smallest absolute Gasteiger partial charge is 0.408 e. The van der Waals surface area contributed by atoms with Crippen LogP contribution < -0.4 is 22.1 Å². The molecule has 212 valence electrons. The molecule has 2 rings (SSSR count). The number of aliphatic carboxylic acids is 1. The fraction of sp³-hybridized carbons (Fsp3) is 0.696. The molecule has 38 heavy (non-hydrogen) atoms. The van der Waals surface area contributed by atoms with Crippen LogP contribution in [0, 0.1) is 0 Å². The maximum Gasteiger partial charge on any atom is 0.408 e. The van der Waals surface area contributed by atoms with Crippen molar-refractivity contribution in [2.45, 2.75) is 89.1 Å². The zero-order valence-corrected chi connectivity index (χ0v) is 21.7. The maximum atomic E-state index is 13.3. The molecule has 0 bridgehead atoms. The first kappa shape index (κ1) is 30.3. The molecular formula is C23H36N6O9. The molecule has 2 heterocycles. The van der Waals surface area contributed by atoms with Crippen LogP contribution in [0.2, 0.25) is 0 Å². The van der Waals surface area contributed by atoms with Crippen molar-refractivity contribution >= 4 is 41.6 Å². The van der Waals surface area contributed by atoms with Crippen molar-refractivity contribution in [3.05, 3.63) is 0 Å². The van der Waals surface area contributed by atoms with Crippen molar-refractivity contribution in [3.63, 3.8) is 0 Å². The van der Waals surface area contributed by atoms with E-state index in [9.17, 15) is 38.7 Å². The van der Waals surface area contributed by atoms with E-state index in [1.165, 1.54) is 0 Å². The number of carboxylic acid groups (broad SMARTS) is 1. The number of hydrogen-bond acceptors (Lipinski definition) is 8. The lowest BCUT2D eigenvalue weighted by atomic mass is 10.1. The number of ether oxygens (including phenoxy) is 1. The van der Waals surface area contributed by atoms with Gasteiger partial charge in [-0.15, -0.1) is 0 Å². The number of rotatable bonds is 10. The molecule has 2 aliphatic rings. The van der Waals surface area contributed by atoms with E-state index in [0.717, 1.165) is 9.80 Å².